The van der Waals surface area contributed by atoms with Crippen LogP contribution in [0.2, 0.25) is 0 Å². The number of aliphatic carboxylic acids is 1. The van der Waals surface area contributed by atoms with Crippen LogP contribution < -0.4 is 10.1 Å². The maximum atomic E-state index is 12.6. The lowest BCUT2D eigenvalue weighted by Gasteiger charge is -2.09. The van der Waals surface area contributed by atoms with Crippen molar-refractivity contribution >= 4 is 28.7 Å². The molecule has 130 valence electrons. The van der Waals surface area contributed by atoms with E-state index in [1.165, 1.54) is 6.08 Å². The second-order valence-electron chi connectivity index (χ2n) is 5.62. The third kappa shape index (κ3) is 3.72. The largest absolute Gasteiger partial charge is 0.497 e. The molecule has 2 N–H and O–H groups in total. The van der Waals surface area contributed by atoms with Crippen molar-refractivity contribution in [1.29, 1.82) is 0 Å². The molecule has 3 aromatic rings. The van der Waals surface area contributed by atoms with Gasteiger partial charge in [-0.3, -0.25) is 4.79 Å². The zero-order valence-corrected chi connectivity index (χ0v) is 14.1. The van der Waals surface area contributed by atoms with E-state index in [0.29, 0.717) is 16.9 Å². The van der Waals surface area contributed by atoms with Crippen LogP contribution in [0, 0.1) is 0 Å². The van der Waals surface area contributed by atoms with Gasteiger partial charge in [0.15, 0.2) is 0 Å². The molecule has 0 bridgehead atoms. The van der Waals surface area contributed by atoms with Crippen LogP contribution in [-0.4, -0.2) is 24.1 Å². The number of ether oxygens (including phenoxy) is 1. The molecule has 0 unspecified atom stereocenters. The van der Waals surface area contributed by atoms with Crippen LogP contribution in [0.15, 0.2) is 72.4 Å². The van der Waals surface area contributed by atoms with Crippen LogP contribution in [0.25, 0.3) is 16.8 Å². The maximum absolute atomic E-state index is 12.6. The molecule has 0 aliphatic heterocycles. The number of carboxylic acids is 1. The van der Waals surface area contributed by atoms with Crippen molar-refractivity contribution in [3.05, 3.63) is 83.6 Å². The highest BCUT2D eigenvalue weighted by molar-refractivity contribution is 6.10. The Bertz CT molecular complexity index is 985. The molecule has 0 heterocycles. The van der Waals surface area contributed by atoms with Gasteiger partial charge in [0.2, 0.25) is 0 Å². The predicted octanol–water partition coefficient (Wildman–Crippen LogP) is 3.70. The Kier molecular flexibility index (Phi) is 4.99. The first kappa shape index (κ1) is 17.2. The molecule has 0 aliphatic carbocycles. The summed E-state index contributed by atoms with van der Waals surface area (Å²) in [6.07, 6.45) is 1.41. The van der Waals surface area contributed by atoms with Crippen LogP contribution >= 0.6 is 0 Å². The summed E-state index contributed by atoms with van der Waals surface area (Å²) in [7, 11) is 1.55. The topological polar surface area (TPSA) is 75.6 Å². The summed E-state index contributed by atoms with van der Waals surface area (Å²) in [5.41, 5.74) is 0.861. The highest BCUT2D eigenvalue weighted by Crippen LogP contribution is 2.19. The Balaban J connectivity index is 1.90. The number of nitrogens with one attached hydrogen (secondary N) is 1. The number of fused-ring (bicyclic) bond motifs is 1. The Hall–Kier alpha value is -3.60. The Morgan fingerprint density at radius 1 is 0.962 bits per heavy atom. The number of carbonyl (C=O) groups is 2. The van der Waals surface area contributed by atoms with Gasteiger partial charge in [-0.15, -0.1) is 0 Å². The van der Waals surface area contributed by atoms with E-state index < -0.39 is 11.9 Å². The first-order chi connectivity index (χ1) is 12.6. The Morgan fingerprint density at radius 2 is 1.65 bits per heavy atom. The van der Waals surface area contributed by atoms with Crippen LogP contribution in [0.3, 0.4) is 0 Å². The molecular weight excluding hydrogens is 330 g/mol. The van der Waals surface area contributed by atoms with Crippen LogP contribution in [0.4, 0.5) is 0 Å². The summed E-state index contributed by atoms with van der Waals surface area (Å²) < 4.78 is 5.08. The first-order valence-corrected chi connectivity index (χ1v) is 7.96. The Labute approximate surface area is 150 Å². The van der Waals surface area contributed by atoms with Crippen LogP contribution in [0.1, 0.15) is 15.9 Å². The molecule has 0 aromatic heterocycles. The van der Waals surface area contributed by atoms with E-state index in [4.69, 9.17) is 4.74 Å². The number of carboxylic acid groups (broad SMARTS) is 1. The number of benzene rings is 3. The summed E-state index contributed by atoms with van der Waals surface area (Å²) >= 11 is 0. The van der Waals surface area contributed by atoms with E-state index in [0.717, 1.165) is 10.8 Å². The maximum Gasteiger partial charge on any atom is 0.352 e. The highest BCUT2D eigenvalue weighted by atomic mass is 16.5. The third-order valence-electron chi connectivity index (χ3n) is 3.94. The number of hydrogen-bond acceptors (Lipinski definition) is 3. The normalized spacial score (nSPS) is 11.2. The van der Waals surface area contributed by atoms with E-state index in [2.05, 4.69) is 5.32 Å². The Morgan fingerprint density at radius 3 is 2.35 bits per heavy atom. The van der Waals surface area contributed by atoms with Gasteiger partial charge in [-0.05, 0) is 40.6 Å². The minimum absolute atomic E-state index is 0.201. The van der Waals surface area contributed by atoms with Gasteiger partial charge in [0.1, 0.15) is 11.4 Å². The summed E-state index contributed by atoms with van der Waals surface area (Å²) in [4.78, 5) is 24.2. The molecule has 3 aromatic carbocycles. The van der Waals surface area contributed by atoms with Gasteiger partial charge in [-0.1, -0.05) is 48.5 Å². The number of hydrogen-bond donors (Lipinski definition) is 2. The molecule has 5 nitrogen and oxygen atoms in total. The highest BCUT2D eigenvalue weighted by Gasteiger charge is 2.15. The number of rotatable bonds is 5. The zero-order chi connectivity index (χ0) is 18.5. The summed E-state index contributed by atoms with van der Waals surface area (Å²) in [5, 5.41) is 13.6. The molecule has 3 rings (SSSR count). The molecule has 0 saturated heterocycles. The van der Waals surface area contributed by atoms with Gasteiger partial charge in [-0.25, -0.2) is 4.79 Å². The minimum atomic E-state index is -1.21. The lowest BCUT2D eigenvalue weighted by Crippen LogP contribution is -2.27. The van der Waals surface area contributed by atoms with Crippen molar-refractivity contribution < 1.29 is 19.4 Å². The van der Waals surface area contributed by atoms with Crippen molar-refractivity contribution in [2.75, 3.05) is 7.11 Å². The van der Waals surface area contributed by atoms with Crippen molar-refractivity contribution in [3.8, 4) is 5.75 Å². The number of amides is 1. The second kappa shape index (κ2) is 7.53. The predicted molar refractivity (Wildman–Crippen MR) is 100 cm³/mol. The smallest absolute Gasteiger partial charge is 0.352 e. The molecule has 0 saturated carbocycles. The van der Waals surface area contributed by atoms with E-state index in [1.807, 2.05) is 30.3 Å². The van der Waals surface area contributed by atoms with Crippen molar-refractivity contribution in [2.45, 2.75) is 0 Å². The number of carbonyl (C=O) groups excluding carboxylic acids is 1. The van der Waals surface area contributed by atoms with Gasteiger partial charge >= 0.3 is 5.97 Å². The lowest BCUT2D eigenvalue weighted by atomic mass is 10.0. The molecule has 5 heteroatoms. The van der Waals surface area contributed by atoms with Crippen LogP contribution in [0.5, 0.6) is 5.75 Å². The quantitative estimate of drug-likeness (QED) is 0.690. The van der Waals surface area contributed by atoms with Crippen molar-refractivity contribution in [2.24, 2.45) is 0 Å². The fourth-order valence-electron chi connectivity index (χ4n) is 2.63. The zero-order valence-electron chi connectivity index (χ0n) is 14.1. The number of methoxy groups -OCH3 is 1. The SMILES string of the molecule is COc1ccc(/C=C(/NC(=O)c2cccc3ccccc23)C(=O)O)cc1. The van der Waals surface area contributed by atoms with Crippen molar-refractivity contribution in [3.63, 3.8) is 0 Å². The van der Waals surface area contributed by atoms with Crippen molar-refractivity contribution in [1.82, 2.24) is 5.32 Å². The first-order valence-electron chi connectivity index (χ1n) is 7.96. The molecule has 0 fully saturated rings. The molecular formula is C21H17NO4. The van der Waals surface area contributed by atoms with Crippen LogP contribution in [-0.2, 0) is 4.79 Å². The average molecular weight is 347 g/mol. The summed E-state index contributed by atoms with van der Waals surface area (Å²) in [6.45, 7) is 0. The molecule has 0 spiro atoms. The third-order valence-corrected chi connectivity index (χ3v) is 3.94. The molecule has 0 aliphatic rings. The standard InChI is InChI=1S/C21H17NO4/c1-26-16-11-9-14(10-12-16)13-19(21(24)25)22-20(23)18-8-4-6-15-5-2-3-7-17(15)18/h2-13H,1H3,(H,22,23)(H,24,25)/b19-13+. The van der Waals surface area contributed by atoms with Gasteiger partial charge in [0.25, 0.3) is 5.91 Å². The van der Waals surface area contributed by atoms with Gasteiger partial charge in [-0.2, -0.15) is 0 Å². The van der Waals surface area contributed by atoms with E-state index >= 15 is 0 Å². The van der Waals surface area contributed by atoms with E-state index in [-0.39, 0.29) is 5.70 Å². The van der Waals surface area contributed by atoms with Gasteiger partial charge in [0.05, 0.1) is 7.11 Å². The molecule has 1 amide bonds. The molecule has 26 heavy (non-hydrogen) atoms. The summed E-state index contributed by atoms with van der Waals surface area (Å²) in [6, 6.07) is 19.7. The molecule has 0 radical (unpaired) electrons. The summed E-state index contributed by atoms with van der Waals surface area (Å²) in [5.74, 6) is -1.02. The minimum Gasteiger partial charge on any atom is -0.497 e. The van der Waals surface area contributed by atoms with Gasteiger partial charge < -0.3 is 15.2 Å². The van der Waals surface area contributed by atoms with E-state index in [1.54, 1.807) is 43.5 Å². The lowest BCUT2D eigenvalue weighted by molar-refractivity contribution is -0.132. The second-order valence-corrected chi connectivity index (χ2v) is 5.62. The fraction of sp³-hybridized carbons (Fsp3) is 0.0476. The van der Waals surface area contributed by atoms with E-state index in [9.17, 15) is 14.7 Å². The molecule has 0 atom stereocenters. The van der Waals surface area contributed by atoms with Gasteiger partial charge in [0, 0.05) is 5.56 Å². The monoisotopic (exact) mass is 347 g/mol. The average Bonchev–Trinajstić information content (AvgIpc) is 2.67. The fourth-order valence-corrected chi connectivity index (χ4v) is 2.63.